The summed E-state index contributed by atoms with van der Waals surface area (Å²) in [6.45, 7) is 0. The number of hydrogen-bond acceptors (Lipinski definition) is 2. The van der Waals surface area contributed by atoms with Crippen LogP contribution in [0.3, 0.4) is 0 Å². The molecule has 0 aliphatic heterocycles. The molecule has 4 aliphatic carbocycles. The summed E-state index contributed by atoms with van der Waals surface area (Å²) in [6.07, 6.45) is 42.2. The molecule has 4 saturated carbocycles. The van der Waals surface area contributed by atoms with Gasteiger partial charge in [-0.3, -0.25) is 0 Å². The summed E-state index contributed by atoms with van der Waals surface area (Å²) in [5, 5.41) is 22.9. The number of aromatic hydroxyl groups is 2. The van der Waals surface area contributed by atoms with E-state index in [1.807, 2.05) is 0 Å². The zero-order chi connectivity index (χ0) is 34.4. The molecule has 0 atom stereocenters. The predicted octanol–water partition coefficient (Wildman–Crippen LogP) is 15.0. The van der Waals surface area contributed by atoms with Crippen molar-refractivity contribution in [3.63, 3.8) is 0 Å². The van der Waals surface area contributed by atoms with Crippen molar-refractivity contribution < 1.29 is 10.2 Å². The fourth-order valence-electron chi connectivity index (χ4n) is 10.7. The third kappa shape index (κ3) is 10.8. The van der Waals surface area contributed by atoms with Crippen LogP contribution in [0.25, 0.3) is 0 Å². The number of unbranched alkanes of at least 4 members (excludes halogenated alkanes) is 9. The van der Waals surface area contributed by atoms with Crippen LogP contribution in [-0.2, 0) is 12.8 Å². The molecule has 2 nitrogen and oxygen atoms in total. The van der Waals surface area contributed by atoms with E-state index in [-0.39, 0.29) is 0 Å². The third-order valence-electron chi connectivity index (χ3n) is 13.8. The maximum atomic E-state index is 11.4. The number of aryl methyl sites for hydroxylation is 2. The summed E-state index contributed by atoms with van der Waals surface area (Å²) in [7, 11) is 0. The van der Waals surface area contributed by atoms with Crippen molar-refractivity contribution in [2.45, 2.75) is 229 Å². The Balaban J connectivity index is 0.883. The van der Waals surface area contributed by atoms with Gasteiger partial charge in [-0.1, -0.05) is 153 Å². The van der Waals surface area contributed by atoms with Crippen LogP contribution in [0.2, 0.25) is 0 Å². The average Bonchev–Trinajstić information content (AvgIpc) is 3.17. The summed E-state index contributed by atoms with van der Waals surface area (Å²) >= 11 is 0. The SMILES string of the molecule is Oc1c(C2CCCCC2)cc(CCCCCCCCCCCCc2cc(C3CCCCC3)c(O)c(C3CCCCC3)c2)cc1C1CCCCC1. The van der Waals surface area contributed by atoms with Gasteiger partial charge in [-0.05, 0) is 134 Å². The highest BCUT2D eigenvalue weighted by Crippen LogP contribution is 2.46. The van der Waals surface area contributed by atoms with Crippen LogP contribution in [0.1, 0.15) is 250 Å². The Labute approximate surface area is 307 Å². The highest BCUT2D eigenvalue weighted by atomic mass is 16.3. The van der Waals surface area contributed by atoms with E-state index in [1.54, 1.807) is 0 Å². The summed E-state index contributed by atoms with van der Waals surface area (Å²) in [4.78, 5) is 0. The van der Waals surface area contributed by atoms with Crippen molar-refractivity contribution in [1.29, 1.82) is 0 Å². The lowest BCUT2D eigenvalue weighted by molar-refractivity contribution is 0.392. The average molecular weight is 683 g/mol. The summed E-state index contributed by atoms with van der Waals surface area (Å²) in [5.74, 6) is 3.68. The molecular weight excluding hydrogens is 609 g/mol. The molecule has 2 N–H and O–H groups in total. The maximum Gasteiger partial charge on any atom is 0.122 e. The van der Waals surface area contributed by atoms with Crippen molar-refractivity contribution >= 4 is 0 Å². The number of rotatable bonds is 17. The van der Waals surface area contributed by atoms with Crippen LogP contribution in [-0.4, -0.2) is 10.2 Å². The van der Waals surface area contributed by atoms with E-state index >= 15 is 0 Å². The van der Waals surface area contributed by atoms with Crippen molar-refractivity contribution in [2.24, 2.45) is 0 Å². The Hall–Kier alpha value is -1.96. The van der Waals surface area contributed by atoms with Gasteiger partial charge in [0.2, 0.25) is 0 Å². The van der Waals surface area contributed by atoms with Crippen molar-refractivity contribution in [3.8, 4) is 11.5 Å². The zero-order valence-corrected chi connectivity index (χ0v) is 32.1. The Morgan fingerprint density at radius 2 is 0.540 bits per heavy atom. The van der Waals surface area contributed by atoms with Gasteiger partial charge in [0.1, 0.15) is 11.5 Å². The van der Waals surface area contributed by atoms with Crippen molar-refractivity contribution in [1.82, 2.24) is 0 Å². The van der Waals surface area contributed by atoms with Gasteiger partial charge in [-0.2, -0.15) is 0 Å². The number of phenolic OH excluding ortho intramolecular Hbond substituents is 2. The first-order chi connectivity index (χ1) is 24.7. The molecule has 0 unspecified atom stereocenters. The van der Waals surface area contributed by atoms with Gasteiger partial charge in [-0.25, -0.2) is 0 Å². The molecule has 2 aromatic rings. The molecule has 2 aromatic carbocycles. The summed E-state index contributed by atoms with van der Waals surface area (Å²) < 4.78 is 0. The molecule has 0 bridgehead atoms. The van der Waals surface area contributed by atoms with Gasteiger partial charge < -0.3 is 10.2 Å². The van der Waals surface area contributed by atoms with Crippen LogP contribution in [0.4, 0.5) is 0 Å². The minimum Gasteiger partial charge on any atom is -0.507 e. The number of phenols is 2. The molecule has 0 radical (unpaired) electrons. The van der Waals surface area contributed by atoms with E-state index in [9.17, 15) is 10.2 Å². The minimum atomic E-state index is 0.581. The normalized spacial score (nSPS) is 20.4. The van der Waals surface area contributed by atoms with E-state index in [1.165, 1.54) is 239 Å². The monoisotopic (exact) mass is 683 g/mol. The van der Waals surface area contributed by atoms with E-state index in [2.05, 4.69) is 24.3 Å². The molecule has 4 fully saturated rings. The van der Waals surface area contributed by atoms with Crippen LogP contribution in [0, 0.1) is 0 Å². The number of hydrogen-bond donors (Lipinski definition) is 2. The first kappa shape index (κ1) is 37.8. The Morgan fingerprint density at radius 3 is 0.780 bits per heavy atom. The lowest BCUT2D eigenvalue weighted by Gasteiger charge is -2.28. The molecule has 0 saturated heterocycles. The molecule has 6 rings (SSSR count). The smallest absolute Gasteiger partial charge is 0.122 e. The van der Waals surface area contributed by atoms with Crippen molar-refractivity contribution in [2.75, 3.05) is 0 Å². The van der Waals surface area contributed by atoms with Crippen LogP contribution in [0.15, 0.2) is 24.3 Å². The predicted molar refractivity (Wildman–Crippen MR) is 213 cm³/mol. The molecule has 2 heteroatoms. The van der Waals surface area contributed by atoms with Gasteiger partial charge >= 0.3 is 0 Å². The molecule has 0 heterocycles. The quantitative estimate of drug-likeness (QED) is 0.163. The topological polar surface area (TPSA) is 40.5 Å². The first-order valence-electron chi connectivity index (χ1n) is 22.4. The second-order valence-electron chi connectivity index (χ2n) is 17.6. The maximum absolute atomic E-state index is 11.4. The van der Waals surface area contributed by atoms with E-state index < -0.39 is 0 Å². The molecule has 0 spiro atoms. The fourth-order valence-corrected chi connectivity index (χ4v) is 10.7. The molecule has 278 valence electrons. The van der Waals surface area contributed by atoms with Crippen LogP contribution < -0.4 is 0 Å². The second kappa shape index (κ2) is 20.3. The summed E-state index contributed by atoms with van der Waals surface area (Å²) in [6, 6.07) is 9.69. The van der Waals surface area contributed by atoms with Crippen LogP contribution >= 0.6 is 0 Å². The molecule has 0 aromatic heterocycles. The third-order valence-corrected chi connectivity index (χ3v) is 13.8. The molecule has 50 heavy (non-hydrogen) atoms. The van der Waals surface area contributed by atoms with Gasteiger partial charge in [0.05, 0.1) is 0 Å². The second-order valence-corrected chi connectivity index (χ2v) is 17.6. The van der Waals surface area contributed by atoms with E-state index in [0.717, 1.165) is 0 Å². The molecular formula is C48H74O2. The van der Waals surface area contributed by atoms with E-state index in [4.69, 9.17) is 0 Å². The number of benzene rings is 2. The molecule has 0 amide bonds. The molecule has 4 aliphatic rings. The van der Waals surface area contributed by atoms with Gasteiger partial charge in [-0.15, -0.1) is 0 Å². The first-order valence-corrected chi connectivity index (χ1v) is 22.4. The Kier molecular flexibility index (Phi) is 15.4. The van der Waals surface area contributed by atoms with Crippen molar-refractivity contribution in [3.05, 3.63) is 57.6 Å². The summed E-state index contributed by atoms with van der Waals surface area (Å²) in [5.41, 5.74) is 8.23. The minimum absolute atomic E-state index is 0.581. The van der Waals surface area contributed by atoms with E-state index in [0.29, 0.717) is 35.2 Å². The fraction of sp³-hybridized carbons (Fsp3) is 0.750. The standard InChI is InChI=1S/C48H74O2/c49-47-43(39-25-15-9-16-26-39)33-37(34-44(47)40-27-17-10-18-28-40)23-13-7-5-3-1-2-4-6-8-14-24-38-35-45(41-29-19-11-20-30-41)48(50)46(36-38)42-31-21-12-22-32-42/h33-36,39-42,49-50H,1-32H2. The Bertz CT molecular complexity index is 1090. The van der Waals surface area contributed by atoms with Gasteiger partial charge in [0.15, 0.2) is 0 Å². The van der Waals surface area contributed by atoms with Gasteiger partial charge in [0, 0.05) is 0 Å². The van der Waals surface area contributed by atoms with Gasteiger partial charge in [0.25, 0.3) is 0 Å². The Morgan fingerprint density at radius 1 is 0.320 bits per heavy atom. The highest BCUT2D eigenvalue weighted by Gasteiger charge is 2.27. The van der Waals surface area contributed by atoms with Crippen LogP contribution in [0.5, 0.6) is 11.5 Å². The largest absolute Gasteiger partial charge is 0.507 e. The lowest BCUT2D eigenvalue weighted by Crippen LogP contribution is -2.10. The lowest BCUT2D eigenvalue weighted by atomic mass is 9.78. The highest BCUT2D eigenvalue weighted by molar-refractivity contribution is 5.49. The zero-order valence-electron chi connectivity index (χ0n) is 32.1.